The van der Waals surface area contributed by atoms with Crippen molar-refractivity contribution in [3.8, 4) is 5.75 Å². The molecular formula is C26H29F5N4O4. The molecule has 2 amide bonds. The van der Waals surface area contributed by atoms with Gasteiger partial charge >= 0.3 is 6.18 Å². The van der Waals surface area contributed by atoms with Crippen LogP contribution in [0, 0.1) is 17.6 Å². The van der Waals surface area contributed by atoms with Crippen LogP contribution in [0.25, 0.3) is 0 Å². The summed E-state index contributed by atoms with van der Waals surface area (Å²) in [5.74, 6) is -7.30. The summed E-state index contributed by atoms with van der Waals surface area (Å²) < 4.78 is 81.2. The predicted molar refractivity (Wildman–Crippen MR) is 130 cm³/mol. The highest BCUT2D eigenvalue weighted by Gasteiger charge is 2.66. The van der Waals surface area contributed by atoms with Crippen LogP contribution < -0.4 is 10.1 Å². The van der Waals surface area contributed by atoms with E-state index in [1.54, 1.807) is 4.90 Å². The first-order chi connectivity index (χ1) is 18.3. The number of nitrogens with one attached hydrogen (secondary N) is 1. The van der Waals surface area contributed by atoms with Crippen molar-refractivity contribution in [2.24, 2.45) is 5.92 Å². The summed E-state index contributed by atoms with van der Waals surface area (Å²) in [6.45, 7) is 4.40. The van der Waals surface area contributed by atoms with Crippen LogP contribution in [0.4, 0.5) is 27.6 Å². The van der Waals surface area contributed by atoms with Crippen LogP contribution in [-0.4, -0.2) is 84.8 Å². The van der Waals surface area contributed by atoms with Gasteiger partial charge in [-0.15, -0.1) is 0 Å². The lowest BCUT2D eigenvalue weighted by molar-refractivity contribution is -0.272. The Balaban J connectivity index is 1.65. The standard InChI is InChI=1S/C26H29F5N4O4/c1-14-19(16-5-6-17(27)20(28)21(16)38-4)22(39-25(14,2)26(29,30)31)23(36)33-15-7-8-32-18(13-15)24(37)35-11-9-34(3)10-12-35/h5-8,13-14,19,22H,9-12H2,1-4H3,(H,32,33,36)/t14-,19-,22+,25+/m0/s1. The van der Waals surface area contributed by atoms with Crippen molar-refractivity contribution >= 4 is 17.5 Å². The second-order valence-corrected chi connectivity index (χ2v) is 9.96. The van der Waals surface area contributed by atoms with E-state index >= 15 is 0 Å². The van der Waals surface area contributed by atoms with E-state index < -0.39 is 53.0 Å². The van der Waals surface area contributed by atoms with Gasteiger partial charge in [-0.2, -0.15) is 17.6 Å². The fourth-order valence-corrected chi connectivity index (χ4v) is 5.05. The van der Waals surface area contributed by atoms with Crippen molar-refractivity contribution in [2.75, 3.05) is 45.7 Å². The number of carbonyl (C=O) groups is 2. The molecule has 0 aliphatic carbocycles. The quantitative estimate of drug-likeness (QED) is 0.564. The van der Waals surface area contributed by atoms with Crippen LogP contribution in [-0.2, 0) is 9.53 Å². The third kappa shape index (κ3) is 5.29. The number of hydrogen-bond acceptors (Lipinski definition) is 6. The molecule has 0 bridgehead atoms. The van der Waals surface area contributed by atoms with Gasteiger partial charge in [-0.3, -0.25) is 14.6 Å². The molecule has 1 aromatic carbocycles. The van der Waals surface area contributed by atoms with Gasteiger partial charge < -0.3 is 24.6 Å². The number of benzene rings is 1. The van der Waals surface area contributed by atoms with Gasteiger partial charge in [0.2, 0.25) is 5.82 Å². The maximum Gasteiger partial charge on any atom is 0.417 e. The minimum Gasteiger partial charge on any atom is -0.493 e. The fraction of sp³-hybridized carbons (Fsp3) is 0.500. The molecule has 2 aliphatic rings. The van der Waals surface area contributed by atoms with Gasteiger partial charge in [0.25, 0.3) is 11.8 Å². The maximum atomic E-state index is 14.5. The molecule has 0 saturated carbocycles. The number of piperazine rings is 1. The molecule has 2 aliphatic heterocycles. The Morgan fingerprint density at radius 1 is 1.15 bits per heavy atom. The Kier molecular flexibility index (Phi) is 7.86. The minimum atomic E-state index is -4.88. The number of amides is 2. The molecule has 0 radical (unpaired) electrons. The van der Waals surface area contributed by atoms with Crippen LogP contribution >= 0.6 is 0 Å². The molecule has 13 heteroatoms. The summed E-state index contributed by atoms with van der Waals surface area (Å²) in [5, 5.41) is 2.50. The van der Waals surface area contributed by atoms with Crippen LogP contribution in [0.1, 0.15) is 35.8 Å². The van der Waals surface area contributed by atoms with Crippen LogP contribution in [0.3, 0.4) is 0 Å². The van der Waals surface area contributed by atoms with Gasteiger partial charge in [-0.05, 0) is 32.2 Å². The molecule has 2 fully saturated rings. The SMILES string of the molecule is COc1c([C@H]2[C@H](C(=O)Nc3ccnc(C(=O)N4CCN(C)CC4)c3)O[C@@](C)(C(F)(F)F)[C@H]2C)ccc(F)c1F. The number of aromatic nitrogens is 1. The average molecular weight is 557 g/mol. The van der Waals surface area contributed by atoms with E-state index in [4.69, 9.17) is 9.47 Å². The van der Waals surface area contributed by atoms with Crippen molar-refractivity contribution < 1.29 is 41.0 Å². The third-order valence-electron chi connectivity index (χ3n) is 7.61. The molecule has 8 nitrogen and oxygen atoms in total. The van der Waals surface area contributed by atoms with E-state index in [1.165, 1.54) is 25.3 Å². The number of alkyl halides is 3. The van der Waals surface area contributed by atoms with Gasteiger partial charge in [0.15, 0.2) is 17.2 Å². The van der Waals surface area contributed by atoms with Gasteiger partial charge in [0.05, 0.1) is 7.11 Å². The summed E-state index contributed by atoms with van der Waals surface area (Å²) in [5.41, 5.74) is -2.76. The summed E-state index contributed by atoms with van der Waals surface area (Å²) in [7, 11) is 2.99. The van der Waals surface area contributed by atoms with Crippen LogP contribution in [0.15, 0.2) is 30.5 Å². The fourth-order valence-electron chi connectivity index (χ4n) is 5.05. The second-order valence-electron chi connectivity index (χ2n) is 9.96. The number of likely N-dealkylation sites (N-methyl/N-ethyl adjacent to an activating group) is 1. The first-order valence-corrected chi connectivity index (χ1v) is 12.3. The highest BCUT2D eigenvalue weighted by molar-refractivity contribution is 5.98. The number of nitrogens with zero attached hydrogens (tertiary/aromatic N) is 3. The molecule has 1 N–H and O–H groups in total. The predicted octanol–water partition coefficient (Wildman–Crippen LogP) is 3.83. The van der Waals surface area contributed by atoms with E-state index in [1.807, 2.05) is 7.05 Å². The minimum absolute atomic E-state index is 0.0528. The molecule has 2 aromatic rings. The number of rotatable bonds is 5. The van der Waals surface area contributed by atoms with Crippen molar-refractivity contribution in [1.82, 2.24) is 14.8 Å². The number of hydrogen-bond donors (Lipinski definition) is 1. The Bertz CT molecular complexity index is 1250. The number of anilines is 1. The van der Waals surface area contributed by atoms with E-state index in [9.17, 15) is 31.5 Å². The molecular weight excluding hydrogens is 527 g/mol. The molecule has 0 unspecified atom stereocenters. The van der Waals surface area contributed by atoms with Crippen LogP contribution in [0.5, 0.6) is 5.75 Å². The Morgan fingerprint density at radius 2 is 1.82 bits per heavy atom. The zero-order valence-electron chi connectivity index (χ0n) is 21.8. The first-order valence-electron chi connectivity index (χ1n) is 12.3. The number of pyridine rings is 1. The summed E-state index contributed by atoms with van der Waals surface area (Å²) in [6, 6.07) is 4.56. The van der Waals surface area contributed by atoms with E-state index in [0.717, 1.165) is 26.2 Å². The number of carbonyl (C=O) groups excluding carboxylic acids is 2. The van der Waals surface area contributed by atoms with Crippen molar-refractivity contribution in [2.45, 2.75) is 37.6 Å². The topological polar surface area (TPSA) is 84.0 Å². The molecule has 39 heavy (non-hydrogen) atoms. The summed E-state index contributed by atoms with van der Waals surface area (Å²) >= 11 is 0. The zero-order chi connectivity index (χ0) is 28.7. The van der Waals surface area contributed by atoms with Crippen molar-refractivity contribution in [1.29, 1.82) is 0 Å². The van der Waals surface area contributed by atoms with Gasteiger partial charge in [-0.25, -0.2) is 4.39 Å². The normalized spacial score (nSPS) is 26.0. The number of methoxy groups -OCH3 is 1. The van der Waals surface area contributed by atoms with Gasteiger partial charge in [0.1, 0.15) is 11.8 Å². The molecule has 4 atom stereocenters. The smallest absolute Gasteiger partial charge is 0.417 e. The molecule has 0 spiro atoms. The van der Waals surface area contributed by atoms with E-state index in [-0.39, 0.29) is 22.9 Å². The average Bonchev–Trinajstić information content (AvgIpc) is 3.17. The molecule has 2 saturated heterocycles. The monoisotopic (exact) mass is 556 g/mol. The summed E-state index contributed by atoms with van der Waals surface area (Å²) in [4.78, 5) is 34.1. The summed E-state index contributed by atoms with van der Waals surface area (Å²) in [6.07, 6.45) is -5.34. The number of ether oxygens (including phenoxy) is 2. The molecule has 212 valence electrons. The van der Waals surface area contributed by atoms with E-state index in [0.29, 0.717) is 26.2 Å². The van der Waals surface area contributed by atoms with Gasteiger partial charge in [-0.1, -0.05) is 13.0 Å². The lowest BCUT2D eigenvalue weighted by Gasteiger charge is -2.32. The highest BCUT2D eigenvalue weighted by atomic mass is 19.4. The maximum absolute atomic E-state index is 14.5. The molecule has 4 rings (SSSR count). The Morgan fingerprint density at radius 3 is 2.44 bits per heavy atom. The van der Waals surface area contributed by atoms with Crippen LogP contribution in [0.2, 0.25) is 0 Å². The third-order valence-corrected chi connectivity index (χ3v) is 7.61. The lowest BCUT2D eigenvalue weighted by atomic mass is 9.77. The number of halogens is 5. The lowest BCUT2D eigenvalue weighted by Crippen LogP contribution is -2.47. The first kappa shape index (κ1) is 28.7. The van der Waals surface area contributed by atoms with Gasteiger partial charge in [0, 0.05) is 55.5 Å². The zero-order valence-corrected chi connectivity index (χ0v) is 21.8. The Labute approximate surface area is 222 Å². The Hall–Kier alpha value is -3.32. The molecule has 3 heterocycles. The van der Waals surface area contributed by atoms with E-state index in [2.05, 4.69) is 15.2 Å². The van der Waals surface area contributed by atoms with Crippen molar-refractivity contribution in [3.63, 3.8) is 0 Å². The molecule has 1 aromatic heterocycles. The highest BCUT2D eigenvalue weighted by Crippen LogP contribution is 2.55. The largest absolute Gasteiger partial charge is 0.493 e. The second kappa shape index (κ2) is 10.7. The van der Waals surface area contributed by atoms with Crippen molar-refractivity contribution in [3.05, 3.63) is 53.4 Å².